The number of hydrogen-bond acceptors (Lipinski definition) is 1. The predicted molar refractivity (Wildman–Crippen MR) is 86.6 cm³/mol. The van der Waals surface area contributed by atoms with Crippen molar-refractivity contribution in [3.63, 3.8) is 0 Å². The summed E-state index contributed by atoms with van der Waals surface area (Å²) in [4.78, 5) is 0. The van der Waals surface area contributed by atoms with Crippen molar-refractivity contribution in [2.75, 3.05) is 6.61 Å². The highest BCUT2D eigenvalue weighted by atomic mass is 16.3. The molecule has 3 unspecified atom stereocenters. The van der Waals surface area contributed by atoms with E-state index in [1.165, 1.54) is 57.8 Å². The van der Waals surface area contributed by atoms with Gasteiger partial charge in [-0.1, -0.05) is 33.6 Å². The van der Waals surface area contributed by atoms with Crippen LogP contribution in [0.25, 0.3) is 0 Å². The van der Waals surface area contributed by atoms with Gasteiger partial charge >= 0.3 is 0 Å². The molecule has 0 radical (unpaired) electrons. The zero-order valence-electron chi connectivity index (χ0n) is 14.0. The Labute approximate surface area is 126 Å². The van der Waals surface area contributed by atoms with E-state index in [0.717, 1.165) is 29.6 Å². The van der Waals surface area contributed by atoms with Gasteiger partial charge in [-0.2, -0.15) is 0 Å². The summed E-state index contributed by atoms with van der Waals surface area (Å²) < 4.78 is 0. The highest BCUT2D eigenvalue weighted by molar-refractivity contribution is 4.83. The zero-order valence-corrected chi connectivity index (χ0v) is 14.0. The van der Waals surface area contributed by atoms with Crippen molar-refractivity contribution in [1.29, 1.82) is 0 Å². The molecule has 0 heterocycles. The maximum Gasteiger partial charge on any atom is 0.0459 e. The lowest BCUT2D eigenvalue weighted by Gasteiger charge is -2.38. The van der Waals surface area contributed by atoms with Crippen LogP contribution in [0.2, 0.25) is 0 Å². The highest BCUT2D eigenvalue weighted by Gasteiger charge is 2.31. The third-order valence-electron chi connectivity index (χ3n) is 5.90. The molecule has 2 saturated carbocycles. The molecule has 1 N–H and O–H groups in total. The van der Waals surface area contributed by atoms with Crippen molar-refractivity contribution in [3.05, 3.63) is 0 Å². The third kappa shape index (κ3) is 4.76. The second-order valence-electron chi connectivity index (χ2n) is 8.30. The first-order valence-electron chi connectivity index (χ1n) is 9.21. The fourth-order valence-corrected chi connectivity index (χ4v) is 5.45. The maximum atomic E-state index is 9.49. The average molecular weight is 280 g/mol. The molecule has 0 bridgehead atoms. The number of rotatable bonds is 5. The first-order chi connectivity index (χ1) is 9.60. The Bertz CT molecular complexity index is 275. The lowest BCUT2D eigenvalue weighted by atomic mass is 9.68. The van der Waals surface area contributed by atoms with E-state index in [-0.39, 0.29) is 0 Å². The topological polar surface area (TPSA) is 20.2 Å². The van der Waals surface area contributed by atoms with Crippen molar-refractivity contribution < 1.29 is 5.11 Å². The number of hydrogen-bond donors (Lipinski definition) is 1. The molecule has 2 rings (SSSR count). The van der Waals surface area contributed by atoms with E-state index < -0.39 is 0 Å². The first-order valence-corrected chi connectivity index (χ1v) is 9.21. The van der Waals surface area contributed by atoms with Gasteiger partial charge < -0.3 is 5.11 Å². The van der Waals surface area contributed by atoms with E-state index in [0.29, 0.717) is 12.5 Å². The monoisotopic (exact) mass is 280 g/mol. The van der Waals surface area contributed by atoms with Crippen molar-refractivity contribution in [2.45, 2.75) is 78.6 Å². The molecule has 118 valence electrons. The highest BCUT2D eigenvalue weighted by Crippen LogP contribution is 2.42. The van der Waals surface area contributed by atoms with Crippen LogP contribution in [-0.2, 0) is 0 Å². The minimum atomic E-state index is 0.417. The van der Waals surface area contributed by atoms with Crippen LogP contribution in [0.1, 0.15) is 78.6 Å². The van der Waals surface area contributed by atoms with Gasteiger partial charge in [0.05, 0.1) is 0 Å². The third-order valence-corrected chi connectivity index (χ3v) is 5.90. The molecule has 20 heavy (non-hydrogen) atoms. The van der Waals surface area contributed by atoms with Crippen LogP contribution in [-0.4, -0.2) is 11.7 Å². The Morgan fingerprint density at radius 1 is 0.750 bits per heavy atom. The van der Waals surface area contributed by atoms with E-state index in [4.69, 9.17) is 0 Å². The van der Waals surface area contributed by atoms with Crippen LogP contribution >= 0.6 is 0 Å². The minimum Gasteiger partial charge on any atom is -0.396 e. The summed E-state index contributed by atoms with van der Waals surface area (Å²) in [6.07, 6.45) is 12.7. The van der Waals surface area contributed by atoms with Gasteiger partial charge in [-0.15, -0.1) is 0 Å². The smallest absolute Gasteiger partial charge is 0.0459 e. The standard InChI is InChI=1S/C19H36O/c1-4-5-16-6-14(2)7-17(10-16)11-18-8-15(3)9-19(12-18)13-20/h14-20H,4-13H2,1-3H3/t14?,15-,16+,17?,18?,19-/m0/s1. The summed E-state index contributed by atoms with van der Waals surface area (Å²) in [5.41, 5.74) is 0. The zero-order chi connectivity index (χ0) is 14.5. The molecule has 2 fully saturated rings. The summed E-state index contributed by atoms with van der Waals surface area (Å²) in [5.74, 6) is 5.25. The van der Waals surface area contributed by atoms with Gasteiger partial charge in [-0.25, -0.2) is 0 Å². The Morgan fingerprint density at radius 2 is 1.25 bits per heavy atom. The Hall–Kier alpha value is -0.0400. The average Bonchev–Trinajstić information content (AvgIpc) is 2.37. The van der Waals surface area contributed by atoms with Crippen molar-refractivity contribution in [2.24, 2.45) is 35.5 Å². The van der Waals surface area contributed by atoms with E-state index in [9.17, 15) is 5.11 Å². The molecule has 0 aliphatic heterocycles. The summed E-state index contributed by atoms with van der Waals surface area (Å²) >= 11 is 0. The summed E-state index contributed by atoms with van der Waals surface area (Å²) in [6, 6.07) is 0. The molecule has 6 atom stereocenters. The molecular formula is C19H36O. The van der Waals surface area contributed by atoms with E-state index in [1.807, 2.05) is 0 Å². The Kier molecular flexibility index (Phi) is 6.39. The van der Waals surface area contributed by atoms with E-state index in [2.05, 4.69) is 20.8 Å². The van der Waals surface area contributed by atoms with Crippen LogP contribution in [0, 0.1) is 35.5 Å². The van der Waals surface area contributed by atoms with Crippen LogP contribution in [0.5, 0.6) is 0 Å². The van der Waals surface area contributed by atoms with Crippen LogP contribution in [0.3, 0.4) is 0 Å². The Balaban J connectivity index is 1.84. The van der Waals surface area contributed by atoms with Crippen LogP contribution in [0.15, 0.2) is 0 Å². The molecule has 0 aromatic heterocycles. The molecule has 1 heteroatoms. The van der Waals surface area contributed by atoms with Gasteiger partial charge in [0.2, 0.25) is 0 Å². The molecule has 2 aliphatic carbocycles. The minimum absolute atomic E-state index is 0.417. The number of aliphatic hydroxyl groups excluding tert-OH is 1. The van der Waals surface area contributed by atoms with Gasteiger partial charge in [0, 0.05) is 6.61 Å². The normalized spacial score (nSPS) is 42.6. The molecule has 0 amide bonds. The number of aliphatic hydroxyl groups is 1. The molecule has 1 nitrogen and oxygen atoms in total. The SMILES string of the molecule is CCC[C@@H]1CC(C)CC(CC2C[C@H](C)C[C@H](CO)C2)C1. The summed E-state index contributed by atoms with van der Waals surface area (Å²) in [7, 11) is 0. The lowest BCUT2D eigenvalue weighted by molar-refractivity contribution is 0.100. The summed E-state index contributed by atoms with van der Waals surface area (Å²) in [5, 5.41) is 9.49. The van der Waals surface area contributed by atoms with Gasteiger partial charge in [-0.3, -0.25) is 0 Å². The molecule has 2 aliphatic rings. The largest absolute Gasteiger partial charge is 0.396 e. The van der Waals surface area contributed by atoms with Gasteiger partial charge in [-0.05, 0) is 80.5 Å². The van der Waals surface area contributed by atoms with Gasteiger partial charge in [0.15, 0.2) is 0 Å². The van der Waals surface area contributed by atoms with E-state index >= 15 is 0 Å². The fourth-order valence-electron chi connectivity index (χ4n) is 5.45. The molecular weight excluding hydrogens is 244 g/mol. The first kappa shape index (κ1) is 16.3. The maximum absolute atomic E-state index is 9.49. The molecule has 0 aromatic rings. The predicted octanol–water partition coefficient (Wildman–Crippen LogP) is 5.27. The second-order valence-corrected chi connectivity index (χ2v) is 8.30. The Morgan fingerprint density at radius 3 is 1.80 bits per heavy atom. The van der Waals surface area contributed by atoms with Crippen molar-refractivity contribution >= 4 is 0 Å². The summed E-state index contributed by atoms with van der Waals surface area (Å²) in [6.45, 7) is 7.61. The molecule has 0 saturated heterocycles. The van der Waals surface area contributed by atoms with Gasteiger partial charge in [0.25, 0.3) is 0 Å². The lowest BCUT2D eigenvalue weighted by Crippen LogP contribution is -2.28. The van der Waals surface area contributed by atoms with Gasteiger partial charge in [0.1, 0.15) is 0 Å². The second kappa shape index (κ2) is 7.82. The van der Waals surface area contributed by atoms with E-state index in [1.54, 1.807) is 0 Å². The molecule has 0 spiro atoms. The van der Waals surface area contributed by atoms with Crippen LogP contribution in [0.4, 0.5) is 0 Å². The quantitative estimate of drug-likeness (QED) is 0.727. The van der Waals surface area contributed by atoms with Crippen molar-refractivity contribution in [3.8, 4) is 0 Å². The van der Waals surface area contributed by atoms with Crippen molar-refractivity contribution in [1.82, 2.24) is 0 Å². The molecule has 0 aromatic carbocycles. The fraction of sp³-hybridized carbons (Fsp3) is 1.00. The van der Waals surface area contributed by atoms with Crippen LogP contribution < -0.4 is 0 Å².